The lowest BCUT2D eigenvalue weighted by Gasteiger charge is -2.14. The van der Waals surface area contributed by atoms with Gasteiger partial charge in [0.1, 0.15) is 5.82 Å². The van der Waals surface area contributed by atoms with Crippen LogP contribution >= 0.6 is 0 Å². The molecule has 2 N–H and O–H groups in total. The minimum Gasteiger partial charge on any atom is -0.382 e. The molecule has 2 amide bonds. The van der Waals surface area contributed by atoms with Gasteiger partial charge in [-0.05, 0) is 6.07 Å². The maximum Gasteiger partial charge on any atom is 0.232 e. The molecule has 2 unspecified atom stereocenters. The van der Waals surface area contributed by atoms with E-state index in [2.05, 4.69) is 5.10 Å². The number of imide groups is 1. The lowest BCUT2D eigenvalue weighted by Crippen LogP contribution is -2.34. The first kappa shape index (κ1) is 11.6. The molecule has 1 aromatic heterocycles. The molecule has 17 heavy (non-hydrogen) atoms. The molecule has 2 heterocycles. The van der Waals surface area contributed by atoms with Crippen molar-refractivity contribution in [3.63, 3.8) is 0 Å². The molecule has 0 saturated carbocycles. The molecule has 2 atom stereocenters. The second-order valence-electron chi connectivity index (χ2n) is 4.41. The van der Waals surface area contributed by atoms with Crippen molar-refractivity contribution in [3.8, 4) is 0 Å². The average molecular weight is 236 g/mol. The minimum absolute atomic E-state index is 0.0948. The lowest BCUT2D eigenvalue weighted by atomic mass is 10.00. The van der Waals surface area contributed by atoms with Crippen LogP contribution in [0.2, 0.25) is 0 Å². The largest absolute Gasteiger partial charge is 0.382 e. The van der Waals surface area contributed by atoms with Gasteiger partial charge in [-0.15, -0.1) is 0 Å². The van der Waals surface area contributed by atoms with E-state index in [0.29, 0.717) is 18.9 Å². The van der Waals surface area contributed by atoms with Crippen LogP contribution in [0.3, 0.4) is 0 Å². The van der Waals surface area contributed by atoms with E-state index < -0.39 is 0 Å². The summed E-state index contributed by atoms with van der Waals surface area (Å²) in [6, 6.07) is 1.68. The van der Waals surface area contributed by atoms with E-state index in [9.17, 15) is 9.59 Å². The molecular weight excluding hydrogens is 220 g/mol. The zero-order valence-corrected chi connectivity index (χ0v) is 9.96. The van der Waals surface area contributed by atoms with Gasteiger partial charge in [0, 0.05) is 24.6 Å². The summed E-state index contributed by atoms with van der Waals surface area (Å²) >= 11 is 0. The number of amides is 2. The highest BCUT2D eigenvalue weighted by Crippen LogP contribution is 2.24. The van der Waals surface area contributed by atoms with Crippen LogP contribution in [0.1, 0.15) is 13.8 Å². The Morgan fingerprint density at radius 3 is 2.29 bits per heavy atom. The molecule has 1 saturated heterocycles. The number of rotatable bonds is 3. The molecule has 1 aliphatic rings. The number of hydrogen-bond acceptors (Lipinski definition) is 4. The van der Waals surface area contributed by atoms with Crippen molar-refractivity contribution < 1.29 is 9.59 Å². The Hall–Kier alpha value is -1.85. The fourth-order valence-corrected chi connectivity index (χ4v) is 1.95. The van der Waals surface area contributed by atoms with Crippen LogP contribution < -0.4 is 5.73 Å². The van der Waals surface area contributed by atoms with E-state index in [0.717, 1.165) is 0 Å². The molecule has 1 fully saturated rings. The molecule has 1 aromatic rings. The third-order valence-corrected chi connectivity index (χ3v) is 3.28. The third-order valence-electron chi connectivity index (χ3n) is 3.28. The maximum absolute atomic E-state index is 11.8. The van der Waals surface area contributed by atoms with Crippen molar-refractivity contribution >= 4 is 17.6 Å². The number of aromatic nitrogens is 2. The molecular formula is C11H16N4O2. The van der Waals surface area contributed by atoms with Crippen LogP contribution in [-0.4, -0.2) is 33.0 Å². The van der Waals surface area contributed by atoms with E-state index in [1.165, 1.54) is 4.90 Å². The van der Waals surface area contributed by atoms with Crippen molar-refractivity contribution in [3.05, 3.63) is 12.3 Å². The second-order valence-corrected chi connectivity index (χ2v) is 4.41. The first-order valence-electron chi connectivity index (χ1n) is 5.65. The van der Waals surface area contributed by atoms with Crippen LogP contribution in [-0.2, 0) is 16.1 Å². The summed E-state index contributed by atoms with van der Waals surface area (Å²) < 4.78 is 1.63. The SMILES string of the molecule is CC1C(=O)N(CCn2ccc(N)n2)C(=O)C1C. The molecule has 1 aliphatic heterocycles. The molecule has 0 spiro atoms. The van der Waals surface area contributed by atoms with Gasteiger partial charge in [-0.2, -0.15) is 5.10 Å². The Morgan fingerprint density at radius 2 is 1.82 bits per heavy atom. The highest BCUT2D eigenvalue weighted by molar-refractivity contribution is 6.04. The van der Waals surface area contributed by atoms with Crippen LogP contribution in [0, 0.1) is 11.8 Å². The minimum atomic E-state index is -0.217. The quantitative estimate of drug-likeness (QED) is 0.755. The van der Waals surface area contributed by atoms with Crippen molar-refractivity contribution in [2.24, 2.45) is 11.8 Å². The summed E-state index contributed by atoms with van der Waals surface area (Å²) in [5.41, 5.74) is 5.48. The van der Waals surface area contributed by atoms with E-state index >= 15 is 0 Å². The molecule has 0 bridgehead atoms. The van der Waals surface area contributed by atoms with Crippen molar-refractivity contribution in [2.75, 3.05) is 12.3 Å². The van der Waals surface area contributed by atoms with Crippen LogP contribution in [0.4, 0.5) is 5.82 Å². The molecule has 0 aliphatic carbocycles. The number of nitrogen functional groups attached to an aromatic ring is 1. The van der Waals surface area contributed by atoms with Crippen molar-refractivity contribution in [1.82, 2.24) is 14.7 Å². The molecule has 0 radical (unpaired) electrons. The molecule has 2 rings (SSSR count). The predicted molar refractivity (Wildman–Crippen MR) is 61.7 cm³/mol. The van der Waals surface area contributed by atoms with Gasteiger partial charge in [0.05, 0.1) is 6.54 Å². The standard InChI is InChI=1S/C11H16N4O2/c1-7-8(2)11(17)15(10(7)16)6-5-14-4-3-9(12)13-14/h3-4,7-8H,5-6H2,1-2H3,(H2,12,13). The van der Waals surface area contributed by atoms with Crippen LogP contribution in [0.5, 0.6) is 0 Å². The Balaban J connectivity index is 2.00. The number of nitrogens with two attached hydrogens (primary N) is 1. The Kier molecular flexibility index (Phi) is 2.87. The Labute approximate surface area is 99.4 Å². The predicted octanol–water partition coefficient (Wildman–Crippen LogP) is 0.106. The third kappa shape index (κ3) is 2.02. The Bertz CT molecular complexity index is 434. The van der Waals surface area contributed by atoms with E-state index in [-0.39, 0.29) is 23.7 Å². The number of anilines is 1. The zero-order chi connectivity index (χ0) is 12.6. The van der Waals surface area contributed by atoms with Gasteiger partial charge >= 0.3 is 0 Å². The molecule has 6 nitrogen and oxygen atoms in total. The van der Waals surface area contributed by atoms with E-state index in [1.54, 1.807) is 30.8 Å². The summed E-state index contributed by atoms with van der Waals surface area (Å²) in [4.78, 5) is 24.9. The first-order chi connectivity index (χ1) is 8.00. The van der Waals surface area contributed by atoms with Gasteiger partial charge in [-0.25, -0.2) is 0 Å². The summed E-state index contributed by atoms with van der Waals surface area (Å²) in [5.74, 6) is -0.188. The van der Waals surface area contributed by atoms with Gasteiger partial charge < -0.3 is 5.73 Å². The summed E-state index contributed by atoms with van der Waals surface area (Å²) in [6.45, 7) is 4.41. The smallest absolute Gasteiger partial charge is 0.232 e. The maximum atomic E-state index is 11.8. The number of carbonyl (C=O) groups excluding carboxylic acids is 2. The Morgan fingerprint density at radius 1 is 1.24 bits per heavy atom. The van der Waals surface area contributed by atoms with Crippen LogP contribution in [0.15, 0.2) is 12.3 Å². The fourth-order valence-electron chi connectivity index (χ4n) is 1.95. The summed E-state index contributed by atoms with van der Waals surface area (Å²) in [5, 5.41) is 4.00. The molecule has 0 aromatic carbocycles. The number of hydrogen-bond donors (Lipinski definition) is 1. The normalized spacial score (nSPS) is 24.7. The number of carbonyl (C=O) groups is 2. The average Bonchev–Trinajstić information content (AvgIpc) is 2.78. The highest BCUT2D eigenvalue weighted by atomic mass is 16.2. The van der Waals surface area contributed by atoms with Crippen molar-refractivity contribution in [2.45, 2.75) is 20.4 Å². The van der Waals surface area contributed by atoms with Gasteiger partial charge in [-0.3, -0.25) is 19.2 Å². The second kappa shape index (κ2) is 4.20. The first-order valence-corrected chi connectivity index (χ1v) is 5.65. The van der Waals surface area contributed by atoms with Crippen molar-refractivity contribution in [1.29, 1.82) is 0 Å². The monoisotopic (exact) mass is 236 g/mol. The van der Waals surface area contributed by atoms with E-state index in [4.69, 9.17) is 5.73 Å². The number of likely N-dealkylation sites (tertiary alicyclic amines) is 1. The summed E-state index contributed by atoms with van der Waals surface area (Å²) in [6.07, 6.45) is 1.73. The van der Waals surface area contributed by atoms with Gasteiger partial charge in [0.15, 0.2) is 0 Å². The van der Waals surface area contributed by atoms with Crippen LogP contribution in [0.25, 0.3) is 0 Å². The van der Waals surface area contributed by atoms with Gasteiger partial charge in [-0.1, -0.05) is 13.8 Å². The van der Waals surface area contributed by atoms with E-state index in [1.807, 2.05) is 0 Å². The molecule has 6 heteroatoms. The number of nitrogens with zero attached hydrogens (tertiary/aromatic N) is 3. The van der Waals surface area contributed by atoms with Gasteiger partial charge in [0.25, 0.3) is 0 Å². The molecule has 92 valence electrons. The zero-order valence-electron chi connectivity index (χ0n) is 9.96. The topological polar surface area (TPSA) is 81.2 Å². The lowest BCUT2D eigenvalue weighted by molar-refractivity contribution is -0.139. The summed E-state index contributed by atoms with van der Waals surface area (Å²) in [7, 11) is 0. The van der Waals surface area contributed by atoms with Gasteiger partial charge in [0.2, 0.25) is 11.8 Å². The fraction of sp³-hybridized carbons (Fsp3) is 0.545. The highest BCUT2D eigenvalue weighted by Gasteiger charge is 2.41.